The van der Waals surface area contributed by atoms with Gasteiger partial charge in [-0.1, -0.05) is 22.0 Å². The van der Waals surface area contributed by atoms with Crippen LogP contribution in [0.4, 0.5) is 5.69 Å². The van der Waals surface area contributed by atoms with Crippen LogP contribution in [0.5, 0.6) is 0 Å². The lowest BCUT2D eigenvalue weighted by atomic mass is 10.2. The monoisotopic (exact) mass is 299 g/mol. The lowest BCUT2D eigenvalue weighted by Gasteiger charge is -2.09. The Morgan fingerprint density at radius 1 is 1.35 bits per heavy atom. The van der Waals surface area contributed by atoms with Crippen molar-refractivity contribution in [1.29, 1.82) is 0 Å². The lowest BCUT2D eigenvalue weighted by molar-refractivity contribution is -0.123. The van der Waals surface area contributed by atoms with E-state index in [1.165, 1.54) is 0 Å². The van der Waals surface area contributed by atoms with Crippen LogP contribution < -0.4 is 16.4 Å². The van der Waals surface area contributed by atoms with Crippen molar-refractivity contribution in [2.24, 2.45) is 5.73 Å². The molecule has 6 heteroatoms. The number of nitrogens with one attached hydrogen (secondary N) is 2. The number of hydrogen-bond donors (Lipinski definition) is 3. The molecule has 1 aromatic carbocycles. The Morgan fingerprint density at radius 3 is 2.71 bits per heavy atom. The molecule has 0 radical (unpaired) electrons. The van der Waals surface area contributed by atoms with Gasteiger partial charge in [-0.05, 0) is 24.6 Å². The molecular weight excluding hydrogens is 286 g/mol. The largest absolute Gasteiger partial charge is 0.346 e. The highest BCUT2D eigenvalue weighted by Crippen LogP contribution is 2.20. The van der Waals surface area contributed by atoms with Crippen LogP contribution in [0.3, 0.4) is 0 Å². The fourth-order valence-corrected chi connectivity index (χ4v) is 1.54. The third kappa shape index (κ3) is 4.54. The molecule has 0 unspecified atom stereocenters. The fraction of sp³-hybridized carbons (Fsp3) is 0.273. The minimum atomic E-state index is -0.355. The predicted molar refractivity (Wildman–Crippen MR) is 69.6 cm³/mol. The average molecular weight is 300 g/mol. The summed E-state index contributed by atoms with van der Waals surface area (Å²) in [4.78, 5) is 22.4. The van der Waals surface area contributed by atoms with Crippen LogP contribution in [0.15, 0.2) is 22.7 Å². The predicted octanol–water partition coefficient (Wildman–Crippen LogP) is 0.771. The molecule has 1 rings (SSSR count). The Kier molecular flexibility index (Phi) is 5.11. The Bertz CT molecular complexity index is 435. The van der Waals surface area contributed by atoms with Crippen LogP contribution in [0, 0.1) is 6.92 Å². The van der Waals surface area contributed by atoms with Gasteiger partial charge in [0.15, 0.2) is 0 Å². The van der Waals surface area contributed by atoms with E-state index in [1.807, 2.05) is 19.1 Å². The zero-order chi connectivity index (χ0) is 12.8. The highest BCUT2D eigenvalue weighted by Gasteiger charge is 2.06. The molecule has 1 aromatic rings. The normalized spacial score (nSPS) is 9.82. The van der Waals surface area contributed by atoms with E-state index in [4.69, 9.17) is 5.73 Å². The second-order valence-corrected chi connectivity index (χ2v) is 4.40. The van der Waals surface area contributed by atoms with E-state index in [-0.39, 0.29) is 24.9 Å². The van der Waals surface area contributed by atoms with Crippen LogP contribution in [-0.4, -0.2) is 24.9 Å². The van der Waals surface area contributed by atoms with E-state index in [2.05, 4.69) is 26.6 Å². The Balaban J connectivity index is 2.56. The molecule has 4 N–H and O–H groups in total. The molecule has 2 amide bonds. The maximum atomic E-state index is 11.5. The van der Waals surface area contributed by atoms with Gasteiger partial charge in [-0.15, -0.1) is 0 Å². The minimum Gasteiger partial charge on any atom is -0.346 e. The summed E-state index contributed by atoms with van der Waals surface area (Å²) in [5, 5.41) is 5.10. The number of rotatable bonds is 4. The Morgan fingerprint density at radius 2 is 2.06 bits per heavy atom. The first-order chi connectivity index (χ1) is 8.02. The summed E-state index contributed by atoms with van der Waals surface area (Å²) in [6.45, 7) is 1.69. The molecular formula is C11H14BrN3O2. The maximum Gasteiger partial charge on any atom is 0.243 e. The number of benzene rings is 1. The van der Waals surface area contributed by atoms with Crippen molar-refractivity contribution in [3.63, 3.8) is 0 Å². The highest BCUT2D eigenvalue weighted by atomic mass is 79.9. The van der Waals surface area contributed by atoms with Gasteiger partial charge < -0.3 is 16.4 Å². The van der Waals surface area contributed by atoms with E-state index in [9.17, 15) is 9.59 Å². The number of halogens is 1. The van der Waals surface area contributed by atoms with E-state index in [1.54, 1.807) is 6.07 Å². The number of carbonyl (C=O) groups is 2. The van der Waals surface area contributed by atoms with Crippen molar-refractivity contribution in [2.45, 2.75) is 6.92 Å². The SMILES string of the molecule is Cc1ccc(Br)cc1NC(=O)CNC(=O)CN. The molecule has 0 bridgehead atoms. The highest BCUT2D eigenvalue weighted by molar-refractivity contribution is 9.10. The zero-order valence-electron chi connectivity index (χ0n) is 9.42. The molecule has 0 fully saturated rings. The van der Waals surface area contributed by atoms with E-state index >= 15 is 0 Å². The van der Waals surface area contributed by atoms with Gasteiger partial charge in [-0.3, -0.25) is 9.59 Å². The van der Waals surface area contributed by atoms with Crippen molar-refractivity contribution >= 4 is 33.4 Å². The van der Waals surface area contributed by atoms with E-state index in [0.717, 1.165) is 10.0 Å². The van der Waals surface area contributed by atoms with Crippen LogP contribution >= 0.6 is 15.9 Å². The third-order valence-electron chi connectivity index (χ3n) is 2.11. The van der Waals surface area contributed by atoms with Gasteiger partial charge in [0.25, 0.3) is 0 Å². The molecule has 0 saturated carbocycles. The summed E-state index contributed by atoms with van der Waals surface area (Å²) in [6.07, 6.45) is 0. The van der Waals surface area contributed by atoms with E-state index < -0.39 is 0 Å². The number of nitrogens with two attached hydrogens (primary N) is 1. The summed E-state index contributed by atoms with van der Waals surface area (Å²) in [7, 11) is 0. The first-order valence-corrected chi connectivity index (χ1v) is 5.85. The second kappa shape index (κ2) is 6.36. The topological polar surface area (TPSA) is 84.2 Å². The molecule has 0 saturated heterocycles. The van der Waals surface area contributed by atoms with Crippen LogP contribution in [0.2, 0.25) is 0 Å². The quantitative estimate of drug-likeness (QED) is 0.768. The molecule has 0 aliphatic heterocycles. The van der Waals surface area contributed by atoms with Gasteiger partial charge in [0.05, 0.1) is 13.1 Å². The minimum absolute atomic E-state index is 0.0814. The lowest BCUT2D eigenvalue weighted by Crippen LogP contribution is -2.36. The molecule has 0 spiro atoms. The molecule has 0 heterocycles. The third-order valence-corrected chi connectivity index (χ3v) is 2.60. The molecule has 17 heavy (non-hydrogen) atoms. The average Bonchev–Trinajstić information content (AvgIpc) is 2.30. The summed E-state index contributed by atoms with van der Waals surface area (Å²) < 4.78 is 0.879. The second-order valence-electron chi connectivity index (χ2n) is 3.49. The Labute approximate surface area is 108 Å². The van der Waals surface area contributed by atoms with Crippen molar-refractivity contribution in [2.75, 3.05) is 18.4 Å². The number of hydrogen-bond acceptors (Lipinski definition) is 3. The van der Waals surface area contributed by atoms with Crippen molar-refractivity contribution < 1.29 is 9.59 Å². The molecule has 0 aromatic heterocycles. The van der Waals surface area contributed by atoms with Crippen molar-refractivity contribution in [1.82, 2.24) is 5.32 Å². The number of amides is 2. The first kappa shape index (κ1) is 13.7. The first-order valence-electron chi connectivity index (χ1n) is 5.05. The van der Waals surface area contributed by atoms with Crippen molar-refractivity contribution in [3.05, 3.63) is 28.2 Å². The fourth-order valence-electron chi connectivity index (χ4n) is 1.17. The van der Waals surface area contributed by atoms with Gasteiger partial charge in [-0.2, -0.15) is 0 Å². The summed E-state index contributed by atoms with van der Waals surface area (Å²) in [5.74, 6) is -0.640. The van der Waals surface area contributed by atoms with Crippen LogP contribution in [0.1, 0.15) is 5.56 Å². The summed E-state index contributed by atoms with van der Waals surface area (Å²) in [5.41, 5.74) is 6.77. The summed E-state index contributed by atoms with van der Waals surface area (Å²) in [6, 6.07) is 5.58. The zero-order valence-corrected chi connectivity index (χ0v) is 11.0. The van der Waals surface area contributed by atoms with Crippen LogP contribution in [-0.2, 0) is 9.59 Å². The number of aryl methyl sites for hydroxylation is 1. The van der Waals surface area contributed by atoms with Gasteiger partial charge in [-0.25, -0.2) is 0 Å². The van der Waals surface area contributed by atoms with Gasteiger partial charge >= 0.3 is 0 Å². The standard InChI is InChI=1S/C11H14BrN3O2/c1-7-2-3-8(12)4-9(7)15-11(17)6-14-10(16)5-13/h2-4H,5-6,13H2,1H3,(H,14,16)(H,15,17). The number of carbonyl (C=O) groups excluding carboxylic acids is 2. The molecule has 5 nitrogen and oxygen atoms in total. The maximum absolute atomic E-state index is 11.5. The van der Waals surface area contributed by atoms with Gasteiger partial charge in [0, 0.05) is 10.2 Å². The smallest absolute Gasteiger partial charge is 0.243 e. The van der Waals surface area contributed by atoms with E-state index in [0.29, 0.717) is 5.69 Å². The summed E-state index contributed by atoms with van der Waals surface area (Å²) >= 11 is 3.32. The molecule has 0 atom stereocenters. The molecule has 92 valence electrons. The van der Waals surface area contributed by atoms with Gasteiger partial charge in [0.1, 0.15) is 0 Å². The Hall–Kier alpha value is -1.40. The molecule has 0 aliphatic carbocycles. The van der Waals surface area contributed by atoms with Crippen molar-refractivity contribution in [3.8, 4) is 0 Å². The molecule has 0 aliphatic rings. The van der Waals surface area contributed by atoms with Crippen LogP contribution in [0.25, 0.3) is 0 Å². The van der Waals surface area contributed by atoms with Gasteiger partial charge in [0.2, 0.25) is 11.8 Å². The number of anilines is 1.